The Hall–Kier alpha value is -2.43. The number of aryl methyl sites for hydroxylation is 2. The number of carbonyl (C=O) groups excluding carboxylic acids is 1. The van der Waals surface area contributed by atoms with Crippen LogP contribution in [0.2, 0.25) is 0 Å². The SMILES string of the molecule is CC(=O)c1cccn1CCc1ccc([N+](=O)[O-])cc1. The van der Waals surface area contributed by atoms with Crippen LogP contribution in [0.3, 0.4) is 0 Å². The van der Waals surface area contributed by atoms with E-state index in [2.05, 4.69) is 0 Å². The topological polar surface area (TPSA) is 65.1 Å². The Bertz CT molecular complexity index is 599. The van der Waals surface area contributed by atoms with Crippen LogP contribution in [-0.4, -0.2) is 15.3 Å². The van der Waals surface area contributed by atoms with Gasteiger partial charge in [0.2, 0.25) is 0 Å². The summed E-state index contributed by atoms with van der Waals surface area (Å²) in [7, 11) is 0. The number of hydrogen-bond donors (Lipinski definition) is 0. The first-order valence-corrected chi connectivity index (χ1v) is 5.97. The molecule has 98 valence electrons. The molecule has 0 aliphatic rings. The fraction of sp³-hybridized carbons (Fsp3) is 0.214. The second-order valence-electron chi connectivity index (χ2n) is 4.32. The van der Waals surface area contributed by atoms with Gasteiger partial charge in [0.25, 0.3) is 5.69 Å². The van der Waals surface area contributed by atoms with Gasteiger partial charge < -0.3 is 4.57 Å². The summed E-state index contributed by atoms with van der Waals surface area (Å²) in [4.78, 5) is 21.5. The molecule has 0 amide bonds. The van der Waals surface area contributed by atoms with E-state index in [0.717, 1.165) is 12.0 Å². The first-order chi connectivity index (χ1) is 9.08. The molecule has 0 spiro atoms. The van der Waals surface area contributed by atoms with Crippen molar-refractivity contribution >= 4 is 11.5 Å². The number of hydrogen-bond acceptors (Lipinski definition) is 3. The van der Waals surface area contributed by atoms with Crippen molar-refractivity contribution in [2.75, 3.05) is 0 Å². The van der Waals surface area contributed by atoms with E-state index in [-0.39, 0.29) is 11.5 Å². The van der Waals surface area contributed by atoms with Crippen LogP contribution in [0, 0.1) is 10.1 Å². The van der Waals surface area contributed by atoms with Gasteiger partial charge in [-0.05, 0) is 24.1 Å². The van der Waals surface area contributed by atoms with Gasteiger partial charge in [0.1, 0.15) is 0 Å². The van der Waals surface area contributed by atoms with Crippen LogP contribution >= 0.6 is 0 Å². The van der Waals surface area contributed by atoms with Gasteiger partial charge in [0, 0.05) is 31.8 Å². The van der Waals surface area contributed by atoms with Gasteiger partial charge in [-0.3, -0.25) is 14.9 Å². The van der Waals surface area contributed by atoms with Crippen LogP contribution in [0.15, 0.2) is 42.6 Å². The highest BCUT2D eigenvalue weighted by atomic mass is 16.6. The molecule has 0 unspecified atom stereocenters. The molecule has 5 nitrogen and oxygen atoms in total. The quantitative estimate of drug-likeness (QED) is 0.470. The molecule has 0 bridgehead atoms. The summed E-state index contributed by atoms with van der Waals surface area (Å²) >= 11 is 0. The van der Waals surface area contributed by atoms with Crippen molar-refractivity contribution in [1.82, 2.24) is 4.57 Å². The summed E-state index contributed by atoms with van der Waals surface area (Å²) in [6, 6.07) is 10.1. The molecule has 1 aromatic carbocycles. The molecule has 2 rings (SSSR count). The number of nitro groups is 1. The van der Waals surface area contributed by atoms with E-state index in [1.165, 1.54) is 19.1 Å². The van der Waals surface area contributed by atoms with Crippen molar-refractivity contribution in [2.24, 2.45) is 0 Å². The Labute approximate surface area is 110 Å². The zero-order valence-electron chi connectivity index (χ0n) is 10.6. The zero-order chi connectivity index (χ0) is 13.8. The number of aromatic nitrogens is 1. The van der Waals surface area contributed by atoms with Crippen LogP contribution in [0.5, 0.6) is 0 Å². The molecule has 1 heterocycles. The Balaban J connectivity index is 2.04. The van der Waals surface area contributed by atoms with Crippen molar-refractivity contribution in [2.45, 2.75) is 19.9 Å². The number of nitro benzene ring substituents is 1. The van der Waals surface area contributed by atoms with Gasteiger partial charge in [0.05, 0.1) is 10.6 Å². The molecule has 0 aliphatic heterocycles. The second kappa shape index (κ2) is 5.48. The molecule has 0 fully saturated rings. The largest absolute Gasteiger partial charge is 0.345 e. The molecule has 0 saturated carbocycles. The smallest absolute Gasteiger partial charge is 0.269 e. The minimum absolute atomic E-state index is 0.0358. The van der Waals surface area contributed by atoms with Crippen LogP contribution in [0.1, 0.15) is 23.0 Å². The van der Waals surface area contributed by atoms with Gasteiger partial charge in [-0.25, -0.2) is 0 Å². The van der Waals surface area contributed by atoms with Crippen molar-refractivity contribution in [3.05, 3.63) is 64.0 Å². The lowest BCUT2D eigenvalue weighted by Gasteiger charge is -2.07. The summed E-state index contributed by atoms with van der Waals surface area (Å²) in [5.74, 6) is 0.0358. The monoisotopic (exact) mass is 258 g/mol. The summed E-state index contributed by atoms with van der Waals surface area (Å²) in [5, 5.41) is 10.5. The number of carbonyl (C=O) groups is 1. The van der Waals surface area contributed by atoms with Crippen LogP contribution in [0.25, 0.3) is 0 Å². The fourth-order valence-electron chi connectivity index (χ4n) is 1.96. The van der Waals surface area contributed by atoms with Gasteiger partial charge >= 0.3 is 0 Å². The van der Waals surface area contributed by atoms with Crippen LogP contribution in [-0.2, 0) is 13.0 Å². The Morgan fingerprint density at radius 2 is 1.95 bits per heavy atom. The maximum absolute atomic E-state index is 11.4. The third-order valence-corrected chi connectivity index (χ3v) is 2.98. The summed E-state index contributed by atoms with van der Waals surface area (Å²) < 4.78 is 1.89. The molecule has 0 saturated heterocycles. The van der Waals surface area contributed by atoms with E-state index >= 15 is 0 Å². The second-order valence-corrected chi connectivity index (χ2v) is 4.32. The van der Waals surface area contributed by atoms with Crippen molar-refractivity contribution < 1.29 is 9.72 Å². The van der Waals surface area contributed by atoms with Gasteiger partial charge in [0.15, 0.2) is 5.78 Å². The molecular weight excluding hydrogens is 244 g/mol. The predicted molar refractivity (Wildman–Crippen MR) is 71.2 cm³/mol. The minimum atomic E-state index is -0.413. The highest BCUT2D eigenvalue weighted by Crippen LogP contribution is 2.13. The zero-order valence-corrected chi connectivity index (χ0v) is 10.6. The highest BCUT2D eigenvalue weighted by molar-refractivity contribution is 5.92. The van der Waals surface area contributed by atoms with Crippen molar-refractivity contribution in [3.63, 3.8) is 0 Å². The van der Waals surface area contributed by atoms with Crippen molar-refractivity contribution in [3.8, 4) is 0 Å². The van der Waals surface area contributed by atoms with Crippen LogP contribution < -0.4 is 0 Å². The number of non-ortho nitro benzene ring substituents is 1. The number of rotatable bonds is 5. The first-order valence-electron chi connectivity index (χ1n) is 5.97. The first kappa shape index (κ1) is 13.0. The average molecular weight is 258 g/mol. The van der Waals surface area contributed by atoms with E-state index in [9.17, 15) is 14.9 Å². The molecule has 0 N–H and O–H groups in total. The number of Topliss-reactive ketones (excluding diaryl/α,β-unsaturated/α-hetero) is 1. The maximum Gasteiger partial charge on any atom is 0.269 e. The third kappa shape index (κ3) is 3.07. The number of nitrogens with zero attached hydrogens (tertiary/aromatic N) is 2. The van der Waals surface area contributed by atoms with E-state index in [1.54, 1.807) is 18.2 Å². The molecule has 2 aromatic rings. The number of ketones is 1. The van der Waals surface area contributed by atoms with Crippen LogP contribution in [0.4, 0.5) is 5.69 Å². The Kier molecular flexibility index (Phi) is 3.75. The molecule has 0 radical (unpaired) electrons. The standard InChI is InChI=1S/C14H14N2O3/c1-11(17)14-3-2-9-15(14)10-8-12-4-6-13(7-5-12)16(18)19/h2-7,9H,8,10H2,1H3. The minimum Gasteiger partial charge on any atom is -0.345 e. The Morgan fingerprint density at radius 1 is 1.26 bits per heavy atom. The predicted octanol–water partition coefficient (Wildman–Crippen LogP) is 2.84. The van der Waals surface area contributed by atoms with E-state index in [1.807, 2.05) is 16.8 Å². The third-order valence-electron chi connectivity index (χ3n) is 2.98. The molecule has 5 heteroatoms. The Morgan fingerprint density at radius 3 is 2.53 bits per heavy atom. The van der Waals surface area contributed by atoms with E-state index in [4.69, 9.17) is 0 Å². The molecular formula is C14H14N2O3. The lowest BCUT2D eigenvalue weighted by Crippen LogP contribution is -2.07. The summed E-state index contributed by atoms with van der Waals surface area (Å²) in [6.45, 7) is 2.22. The summed E-state index contributed by atoms with van der Waals surface area (Å²) in [5.41, 5.74) is 1.78. The molecule has 0 aliphatic carbocycles. The van der Waals surface area contributed by atoms with Gasteiger partial charge in [-0.2, -0.15) is 0 Å². The normalized spacial score (nSPS) is 10.4. The van der Waals surface area contributed by atoms with Gasteiger partial charge in [-0.1, -0.05) is 12.1 Å². The summed E-state index contributed by atoms with van der Waals surface area (Å²) in [6.07, 6.45) is 2.59. The van der Waals surface area contributed by atoms with Crippen molar-refractivity contribution in [1.29, 1.82) is 0 Å². The van der Waals surface area contributed by atoms with E-state index < -0.39 is 4.92 Å². The molecule has 19 heavy (non-hydrogen) atoms. The van der Waals surface area contributed by atoms with Gasteiger partial charge in [-0.15, -0.1) is 0 Å². The molecule has 1 aromatic heterocycles. The highest BCUT2D eigenvalue weighted by Gasteiger charge is 2.07. The molecule has 0 atom stereocenters. The fourth-order valence-corrected chi connectivity index (χ4v) is 1.96. The maximum atomic E-state index is 11.4. The lowest BCUT2D eigenvalue weighted by atomic mass is 10.1. The lowest BCUT2D eigenvalue weighted by molar-refractivity contribution is -0.384. The average Bonchev–Trinajstić information content (AvgIpc) is 2.85. The number of benzene rings is 1. The van der Waals surface area contributed by atoms with E-state index in [0.29, 0.717) is 12.2 Å².